The van der Waals surface area contributed by atoms with Gasteiger partial charge in [-0.05, 0) is 22.9 Å². The zero-order chi connectivity index (χ0) is 14.7. The van der Waals surface area contributed by atoms with E-state index in [-0.39, 0.29) is 32.7 Å². The Bertz CT molecular complexity index is 587. The largest absolute Gasteiger partial charge is 0.497 e. The van der Waals surface area contributed by atoms with Crippen LogP contribution in [0.2, 0.25) is 5.02 Å². The van der Waals surface area contributed by atoms with Gasteiger partial charge in [0.15, 0.2) is 0 Å². The first-order chi connectivity index (χ1) is 9.52. The monoisotopic (exact) mass is 385 g/mol. The third kappa shape index (κ3) is 4.38. The second-order valence-corrected chi connectivity index (χ2v) is 4.57. The van der Waals surface area contributed by atoms with E-state index < -0.39 is 13.0 Å². The molecule has 1 aromatic rings. The Kier molecular flexibility index (Phi) is 7.05. The Hall–Kier alpha value is -0.706. The maximum atomic E-state index is 12.7. The number of benzene rings is 1. The molecular weight excluding hydrogens is 373 g/mol. The van der Waals surface area contributed by atoms with Crippen molar-refractivity contribution in [2.24, 2.45) is 0 Å². The Morgan fingerprint density at radius 3 is 2.71 bits per heavy atom. The van der Waals surface area contributed by atoms with Crippen molar-refractivity contribution in [1.29, 1.82) is 0 Å². The smallest absolute Gasteiger partial charge is 0.256 e. The molecule has 2 nitrogen and oxygen atoms in total. The predicted molar refractivity (Wildman–Crippen MR) is 75.6 cm³/mol. The number of methoxy groups -OCH3 is 1. The average molecular weight is 386 g/mol. The van der Waals surface area contributed by atoms with Crippen LogP contribution in [0, 0.1) is 6.08 Å². The van der Waals surface area contributed by atoms with Crippen LogP contribution < -0.4 is 4.74 Å². The molecular formula is C15H13ClF2NOY-. The molecule has 0 saturated carbocycles. The molecule has 0 fully saturated rings. The maximum absolute atomic E-state index is 12.7. The van der Waals surface area contributed by atoms with Crippen LogP contribution in [0.5, 0.6) is 5.75 Å². The van der Waals surface area contributed by atoms with Crippen LogP contribution >= 0.6 is 11.6 Å². The molecule has 1 aliphatic heterocycles. The van der Waals surface area contributed by atoms with E-state index in [1.807, 2.05) is 0 Å². The van der Waals surface area contributed by atoms with Gasteiger partial charge in [-0.1, -0.05) is 29.4 Å². The first-order valence-corrected chi connectivity index (χ1v) is 6.29. The number of hydrogen-bond acceptors (Lipinski definition) is 2. The molecule has 0 atom stereocenters. The summed E-state index contributed by atoms with van der Waals surface area (Å²) in [6.45, 7) is 3.31. The SMILES string of the molecule is C=C1C=C[C-]=C(c2ccc(OC)cc2Cl)N1CC(F)F.[Y]. The molecule has 1 aromatic carbocycles. The van der Waals surface area contributed by atoms with Crippen molar-refractivity contribution in [3.05, 3.63) is 59.3 Å². The fourth-order valence-electron chi connectivity index (χ4n) is 1.91. The van der Waals surface area contributed by atoms with Gasteiger partial charge in [-0.15, -0.1) is 12.1 Å². The number of allylic oxidation sites excluding steroid dienone is 3. The molecule has 1 heterocycles. The Labute approximate surface area is 153 Å². The predicted octanol–water partition coefficient (Wildman–Crippen LogP) is 4.14. The van der Waals surface area contributed by atoms with Gasteiger partial charge in [0.1, 0.15) is 5.75 Å². The van der Waals surface area contributed by atoms with Crippen molar-refractivity contribution in [1.82, 2.24) is 4.90 Å². The fraction of sp³-hybridized carbons (Fsp3) is 0.200. The number of hydrogen-bond donors (Lipinski definition) is 0. The van der Waals surface area contributed by atoms with Crippen LogP contribution in [0.15, 0.2) is 42.6 Å². The van der Waals surface area contributed by atoms with Crippen LogP contribution in [0.3, 0.4) is 0 Å². The maximum Gasteiger partial charge on any atom is 0.256 e. The first kappa shape index (κ1) is 18.3. The Morgan fingerprint density at radius 1 is 1.43 bits per heavy atom. The molecule has 2 rings (SSSR count). The van der Waals surface area contributed by atoms with Gasteiger partial charge in [-0.2, -0.15) is 12.2 Å². The minimum Gasteiger partial charge on any atom is -0.497 e. The number of nitrogens with zero attached hydrogens (tertiary/aromatic N) is 1. The topological polar surface area (TPSA) is 12.5 Å². The molecule has 1 radical (unpaired) electrons. The average Bonchev–Trinajstić information content (AvgIpc) is 2.41. The summed E-state index contributed by atoms with van der Waals surface area (Å²) in [5.74, 6) is 0.602. The molecule has 0 aliphatic carbocycles. The van der Waals surface area contributed by atoms with Gasteiger partial charge in [0.2, 0.25) is 0 Å². The van der Waals surface area contributed by atoms with Crippen LogP contribution in [0.1, 0.15) is 5.56 Å². The summed E-state index contributed by atoms with van der Waals surface area (Å²) in [6, 6.07) is 5.07. The second-order valence-electron chi connectivity index (χ2n) is 4.17. The minimum absolute atomic E-state index is 0. The summed E-state index contributed by atoms with van der Waals surface area (Å²) in [5.41, 5.74) is 1.56. The van der Waals surface area contributed by atoms with Gasteiger partial charge in [-0.3, -0.25) is 0 Å². The standard InChI is InChI=1S/C15H13ClF2NO.Y/c1-10-4-3-5-14(19(10)9-15(17)18)12-7-6-11(20-2)8-13(12)16;/h3-4,6-8,15H,1,9H2,2H3;/q-1;. The number of alkyl halides is 2. The van der Waals surface area contributed by atoms with E-state index in [2.05, 4.69) is 12.7 Å². The van der Waals surface area contributed by atoms with Crippen LogP contribution in [0.4, 0.5) is 8.78 Å². The molecule has 0 aromatic heterocycles. The van der Waals surface area contributed by atoms with Gasteiger partial charge in [0, 0.05) is 32.7 Å². The van der Waals surface area contributed by atoms with Crippen LogP contribution in [-0.2, 0) is 32.7 Å². The normalized spacial score (nSPS) is 14.0. The van der Waals surface area contributed by atoms with Crippen molar-refractivity contribution in [2.45, 2.75) is 6.43 Å². The molecule has 0 bridgehead atoms. The van der Waals surface area contributed by atoms with E-state index in [1.165, 1.54) is 12.0 Å². The summed E-state index contributed by atoms with van der Waals surface area (Å²) in [6.07, 6.45) is 3.73. The number of halogens is 3. The zero-order valence-corrected chi connectivity index (χ0v) is 15.0. The molecule has 0 N–H and O–H groups in total. The third-order valence-corrected chi connectivity index (χ3v) is 3.18. The van der Waals surface area contributed by atoms with Gasteiger partial charge >= 0.3 is 0 Å². The minimum atomic E-state index is -2.48. The second kappa shape index (κ2) is 8.07. The van der Waals surface area contributed by atoms with Crippen molar-refractivity contribution in [2.75, 3.05) is 13.7 Å². The number of rotatable bonds is 4. The van der Waals surface area contributed by atoms with E-state index in [9.17, 15) is 8.78 Å². The summed E-state index contributed by atoms with van der Waals surface area (Å²) >= 11 is 6.18. The molecule has 1 aliphatic rings. The molecule has 0 spiro atoms. The van der Waals surface area contributed by atoms with E-state index >= 15 is 0 Å². The summed E-state index contributed by atoms with van der Waals surface area (Å²) in [7, 11) is 1.53. The van der Waals surface area contributed by atoms with E-state index in [4.69, 9.17) is 16.3 Å². The Balaban J connectivity index is 0.00000220. The van der Waals surface area contributed by atoms with Gasteiger partial charge in [0.05, 0.1) is 13.7 Å². The van der Waals surface area contributed by atoms with E-state index in [1.54, 1.807) is 30.4 Å². The third-order valence-electron chi connectivity index (χ3n) is 2.86. The Morgan fingerprint density at radius 2 is 2.14 bits per heavy atom. The molecule has 109 valence electrons. The summed E-state index contributed by atoms with van der Waals surface area (Å²) in [5, 5.41) is 0.411. The first-order valence-electron chi connectivity index (χ1n) is 5.91. The van der Waals surface area contributed by atoms with Gasteiger partial charge in [-0.25, -0.2) is 8.78 Å². The van der Waals surface area contributed by atoms with E-state index in [0.29, 0.717) is 27.7 Å². The fourth-order valence-corrected chi connectivity index (χ4v) is 2.17. The molecule has 21 heavy (non-hydrogen) atoms. The van der Waals surface area contributed by atoms with Crippen molar-refractivity contribution in [3.63, 3.8) is 0 Å². The quantitative estimate of drug-likeness (QED) is 0.722. The summed E-state index contributed by atoms with van der Waals surface area (Å²) in [4.78, 5) is 1.40. The van der Waals surface area contributed by atoms with Crippen molar-refractivity contribution < 1.29 is 46.2 Å². The molecule has 0 saturated heterocycles. The van der Waals surface area contributed by atoms with Crippen molar-refractivity contribution in [3.8, 4) is 5.75 Å². The number of ether oxygens (including phenoxy) is 1. The molecule has 6 heteroatoms. The molecule has 0 amide bonds. The van der Waals surface area contributed by atoms with Crippen LogP contribution in [-0.4, -0.2) is 25.0 Å². The zero-order valence-electron chi connectivity index (χ0n) is 11.4. The van der Waals surface area contributed by atoms with Crippen LogP contribution in [0.25, 0.3) is 5.70 Å². The summed E-state index contributed by atoms with van der Waals surface area (Å²) < 4.78 is 30.5. The van der Waals surface area contributed by atoms with E-state index in [0.717, 1.165) is 0 Å². The van der Waals surface area contributed by atoms with Gasteiger partial charge in [0.25, 0.3) is 6.43 Å². The van der Waals surface area contributed by atoms with Gasteiger partial charge < -0.3 is 9.64 Å². The molecule has 0 unspecified atom stereocenters. The van der Waals surface area contributed by atoms with Crippen molar-refractivity contribution >= 4 is 17.3 Å².